The van der Waals surface area contributed by atoms with Crippen LogP contribution in [0.15, 0.2) is 73.2 Å². The van der Waals surface area contributed by atoms with Crippen molar-refractivity contribution in [3.63, 3.8) is 0 Å². The molecule has 0 aliphatic heterocycles. The molecule has 4 rings (SSSR count). The van der Waals surface area contributed by atoms with Crippen molar-refractivity contribution < 1.29 is 9.59 Å². The zero-order chi connectivity index (χ0) is 23.2. The molecule has 1 unspecified atom stereocenters. The molecule has 7 nitrogen and oxygen atoms in total. The lowest BCUT2D eigenvalue weighted by atomic mass is 10.1. The third-order valence-corrected chi connectivity index (χ3v) is 5.84. The highest BCUT2D eigenvalue weighted by Crippen LogP contribution is 2.21. The fraction of sp³-hybridized carbons (Fsp3) is 0.200. The average Bonchev–Trinajstić information content (AvgIpc) is 3.26. The number of fused-ring (bicyclic) bond motifs is 1. The number of anilines is 1. The molecule has 33 heavy (non-hydrogen) atoms. The molecule has 2 aromatic heterocycles. The normalized spacial score (nSPS) is 11.8. The molecule has 2 heterocycles. The Morgan fingerprint density at radius 3 is 2.67 bits per heavy atom. The summed E-state index contributed by atoms with van der Waals surface area (Å²) in [4.78, 5) is 34.4. The molecule has 0 saturated carbocycles. The van der Waals surface area contributed by atoms with Crippen LogP contribution in [0.3, 0.4) is 0 Å². The first-order valence-corrected chi connectivity index (χ1v) is 12.0. The number of carbonyl (C=O) groups excluding carboxylic acids is 2. The van der Waals surface area contributed by atoms with Gasteiger partial charge < -0.3 is 10.6 Å². The lowest BCUT2D eigenvalue weighted by molar-refractivity contribution is -0.118. The molecule has 0 saturated heterocycles. The molecule has 0 aliphatic carbocycles. The number of rotatable bonds is 8. The predicted octanol–water partition coefficient (Wildman–Crippen LogP) is 4.19. The van der Waals surface area contributed by atoms with Gasteiger partial charge in [0.15, 0.2) is 0 Å². The van der Waals surface area contributed by atoms with E-state index in [9.17, 15) is 9.59 Å². The fourth-order valence-electron chi connectivity index (χ4n) is 3.46. The van der Waals surface area contributed by atoms with Crippen LogP contribution in [-0.2, 0) is 4.79 Å². The van der Waals surface area contributed by atoms with Crippen molar-refractivity contribution in [2.45, 2.75) is 19.4 Å². The first-order valence-electron chi connectivity index (χ1n) is 10.6. The predicted molar refractivity (Wildman–Crippen MR) is 132 cm³/mol. The molecule has 2 aromatic carbocycles. The molecule has 0 fully saturated rings. The van der Waals surface area contributed by atoms with Crippen molar-refractivity contribution in [3.05, 3.63) is 84.3 Å². The number of carbonyl (C=O) groups is 2. The summed E-state index contributed by atoms with van der Waals surface area (Å²) in [6.07, 6.45) is 8.03. The number of nitrogens with zero attached hydrogens (tertiary/aromatic N) is 3. The minimum atomic E-state index is -0.630. The van der Waals surface area contributed by atoms with Crippen LogP contribution < -0.4 is 10.6 Å². The molecule has 0 spiro atoms. The second kappa shape index (κ2) is 10.3. The number of benzene rings is 2. The van der Waals surface area contributed by atoms with E-state index in [-0.39, 0.29) is 11.8 Å². The number of hydrogen-bond acceptors (Lipinski definition) is 5. The van der Waals surface area contributed by atoms with E-state index in [1.54, 1.807) is 24.0 Å². The van der Waals surface area contributed by atoms with Crippen LogP contribution in [-0.4, -0.2) is 44.2 Å². The Morgan fingerprint density at radius 2 is 1.94 bits per heavy atom. The first-order chi connectivity index (χ1) is 16.0. The topological polar surface area (TPSA) is 88.4 Å². The highest BCUT2D eigenvalue weighted by atomic mass is 32.2. The minimum absolute atomic E-state index is 0.241. The van der Waals surface area contributed by atoms with E-state index in [1.165, 1.54) is 0 Å². The number of hydrogen-bond donors (Lipinski definition) is 2. The third kappa shape index (κ3) is 5.59. The number of aryl methyl sites for hydroxylation is 1. The summed E-state index contributed by atoms with van der Waals surface area (Å²) in [5.41, 5.74) is 3.92. The summed E-state index contributed by atoms with van der Waals surface area (Å²) in [6.45, 7) is 1.93. The van der Waals surface area contributed by atoms with Gasteiger partial charge in [0.05, 0.1) is 5.69 Å². The van der Waals surface area contributed by atoms with Gasteiger partial charge in [-0.1, -0.05) is 29.8 Å². The molecule has 0 aliphatic rings. The SMILES string of the molecule is CSCCC(NC(=O)c1cccc(C)c1)C(=O)Nc1ccc(-c2cn3cccnc3n2)cc1. The second-order valence-electron chi connectivity index (χ2n) is 7.70. The second-order valence-corrected chi connectivity index (χ2v) is 8.68. The maximum Gasteiger partial charge on any atom is 0.251 e. The molecule has 0 radical (unpaired) electrons. The number of imidazole rings is 1. The Labute approximate surface area is 196 Å². The highest BCUT2D eigenvalue weighted by molar-refractivity contribution is 7.98. The highest BCUT2D eigenvalue weighted by Gasteiger charge is 2.21. The Balaban J connectivity index is 1.45. The third-order valence-electron chi connectivity index (χ3n) is 5.20. The molecular weight excluding hydrogens is 434 g/mol. The molecule has 4 aromatic rings. The Hall–Kier alpha value is -3.65. The van der Waals surface area contributed by atoms with E-state index in [2.05, 4.69) is 20.6 Å². The smallest absolute Gasteiger partial charge is 0.251 e. The van der Waals surface area contributed by atoms with Gasteiger partial charge in [0.2, 0.25) is 11.7 Å². The maximum atomic E-state index is 13.0. The van der Waals surface area contributed by atoms with Crippen LogP contribution >= 0.6 is 11.8 Å². The average molecular weight is 460 g/mol. The lowest BCUT2D eigenvalue weighted by Gasteiger charge is -2.18. The number of nitrogens with one attached hydrogen (secondary N) is 2. The van der Waals surface area contributed by atoms with E-state index in [0.717, 1.165) is 22.6 Å². The van der Waals surface area contributed by atoms with Crippen LogP contribution in [0.1, 0.15) is 22.3 Å². The number of aromatic nitrogens is 3. The van der Waals surface area contributed by atoms with Gasteiger partial charge in [0, 0.05) is 35.4 Å². The van der Waals surface area contributed by atoms with Gasteiger partial charge in [0.25, 0.3) is 5.91 Å². The molecule has 2 amide bonds. The van der Waals surface area contributed by atoms with Crippen molar-refractivity contribution in [2.75, 3.05) is 17.3 Å². The first kappa shape index (κ1) is 22.5. The summed E-state index contributed by atoms with van der Waals surface area (Å²) in [7, 11) is 0. The molecule has 1 atom stereocenters. The van der Waals surface area contributed by atoms with E-state index in [4.69, 9.17) is 0 Å². The summed E-state index contributed by atoms with van der Waals surface area (Å²) in [5, 5.41) is 5.81. The fourth-order valence-corrected chi connectivity index (χ4v) is 3.93. The molecule has 168 valence electrons. The standard InChI is InChI=1S/C25H25N5O2S/c1-17-5-3-6-19(15-17)23(31)28-21(11-14-33-2)24(32)27-20-9-7-18(8-10-20)22-16-30-13-4-12-26-25(30)29-22/h3-10,12-13,15-16,21H,11,14H2,1-2H3,(H,27,32)(H,28,31). The number of thioether (sulfide) groups is 1. The van der Waals surface area contributed by atoms with Gasteiger partial charge in [-0.25, -0.2) is 9.97 Å². The lowest BCUT2D eigenvalue weighted by Crippen LogP contribution is -2.44. The molecule has 0 bridgehead atoms. The van der Waals surface area contributed by atoms with Crippen molar-refractivity contribution in [3.8, 4) is 11.3 Å². The van der Waals surface area contributed by atoms with E-state index < -0.39 is 6.04 Å². The monoisotopic (exact) mass is 459 g/mol. The van der Waals surface area contributed by atoms with E-state index in [1.807, 2.05) is 78.5 Å². The Bertz CT molecular complexity index is 1240. The Morgan fingerprint density at radius 1 is 1.12 bits per heavy atom. The van der Waals surface area contributed by atoms with Crippen LogP contribution in [0.5, 0.6) is 0 Å². The van der Waals surface area contributed by atoms with Crippen LogP contribution in [0, 0.1) is 6.92 Å². The largest absolute Gasteiger partial charge is 0.340 e. The van der Waals surface area contributed by atoms with Crippen LogP contribution in [0.2, 0.25) is 0 Å². The van der Waals surface area contributed by atoms with Gasteiger partial charge in [0.1, 0.15) is 6.04 Å². The summed E-state index contributed by atoms with van der Waals surface area (Å²) < 4.78 is 1.86. The van der Waals surface area contributed by atoms with E-state index >= 15 is 0 Å². The number of amides is 2. The zero-order valence-electron chi connectivity index (χ0n) is 18.5. The van der Waals surface area contributed by atoms with Gasteiger partial charge in [-0.05, 0) is 55.7 Å². The van der Waals surface area contributed by atoms with Crippen molar-refractivity contribution in [1.29, 1.82) is 0 Å². The summed E-state index contributed by atoms with van der Waals surface area (Å²) >= 11 is 1.63. The van der Waals surface area contributed by atoms with Gasteiger partial charge in [-0.15, -0.1) is 0 Å². The van der Waals surface area contributed by atoms with Crippen molar-refractivity contribution in [1.82, 2.24) is 19.7 Å². The van der Waals surface area contributed by atoms with Crippen molar-refractivity contribution in [2.24, 2.45) is 0 Å². The minimum Gasteiger partial charge on any atom is -0.340 e. The van der Waals surface area contributed by atoms with Gasteiger partial charge >= 0.3 is 0 Å². The summed E-state index contributed by atoms with van der Waals surface area (Å²) in [5.74, 6) is 0.893. The molecular formula is C25H25N5O2S. The maximum absolute atomic E-state index is 13.0. The van der Waals surface area contributed by atoms with Crippen molar-refractivity contribution >= 4 is 35.0 Å². The van der Waals surface area contributed by atoms with E-state index in [0.29, 0.717) is 23.4 Å². The van der Waals surface area contributed by atoms with Crippen LogP contribution in [0.4, 0.5) is 5.69 Å². The quantitative estimate of drug-likeness (QED) is 0.412. The summed E-state index contributed by atoms with van der Waals surface area (Å²) in [6, 6.07) is 16.0. The zero-order valence-corrected chi connectivity index (χ0v) is 19.3. The van der Waals surface area contributed by atoms with Crippen LogP contribution in [0.25, 0.3) is 17.0 Å². The molecule has 8 heteroatoms. The van der Waals surface area contributed by atoms with Gasteiger partial charge in [-0.3, -0.25) is 14.0 Å². The molecule has 2 N–H and O–H groups in total. The van der Waals surface area contributed by atoms with Gasteiger partial charge in [-0.2, -0.15) is 11.8 Å². The Kier molecular flexibility index (Phi) is 7.04.